The van der Waals surface area contributed by atoms with E-state index in [-0.39, 0.29) is 15.7 Å². The number of anilines is 1. The van der Waals surface area contributed by atoms with Crippen molar-refractivity contribution in [2.45, 2.75) is 4.90 Å². The first-order valence-electron chi connectivity index (χ1n) is 5.52. The summed E-state index contributed by atoms with van der Waals surface area (Å²) in [5.74, 6) is -0.437. The van der Waals surface area contributed by atoms with Gasteiger partial charge in [0, 0.05) is 5.69 Å². The molecule has 0 spiro atoms. The molecular weight excluding hydrogens is 304 g/mol. The molecule has 2 N–H and O–H groups in total. The molecule has 0 aliphatic rings. The Morgan fingerprint density at radius 1 is 1.20 bits per heavy atom. The van der Waals surface area contributed by atoms with E-state index in [0.717, 1.165) is 0 Å². The second kappa shape index (κ2) is 5.66. The highest BCUT2D eigenvalue weighted by molar-refractivity contribution is 7.89. The van der Waals surface area contributed by atoms with Crippen molar-refractivity contribution in [3.8, 4) is 0 Å². The molecule has 0 radical (unpaired) electrons. The van der Waals surface area contributed by atoms with Gasteiger partial charge in [0.1, 0.15) is 0 Å². The Balaban J connectivity index is 2.16. The van der Waals surface area contributed by atoms with Crippen LogP contribution in [0.2, 0.25) is 5.22 Å². The summed E-state index contributed by atoms with van der Waals surface area (Å²) in [4.78, 5) is 12.0. The van der Waals surface area contributed by atoms with Crippen LogP contribution in [0.4, 0.5) is 5.69 Å². The third-order valence-corrected chi connectivity index (χ3v) is 4.28. The number of carbonyl (C=O) groups excluding carboxylic acids is 1. The molecule has 1 heterocycles. The highest BCUT2D eigenvalue weighted by Crippen LogP contribution is 2.19. The number of hydrogen-bond donors (Lipinski definition) is 2. The van der Waals surface area contributed by atoms with Crippen LogP contribution < -0.4 is 10.0 Å². The zero-order chi connectivity index (χ0) is 14.8. The molecule has 0 aliphatic carbocycles. The first kappa shape index (κ1) is 14.6. The molecule has 0 fully saturated rings. The van der Waals surface area contributed by atoms with Gasteiger partial charge in [-0.25, -0.2) is 13.1 Å². The van der Waals surface area contributed by atoms with Crippen molar-refractivity contribution >= 4 is 33.2 Å². The summed E-state index contributed by atoms with van der Waals surface area (Å²) < 4.78 is 30.1. The van der Waals surface area contributed by atoms with E-state index in [2.05, 4.69) is 10.0 Å². The highest BCUT2D eigenvalue weighted by Gasteiger charge is 2.14. The molecule has 2 aromatic rings. The Kier molecular flexibility index (Phi) is 4.12. The molecule has 6 nitrogen and oxygen atoms in total. The van der Waals surface area contributed by atoms with Crippen LogP contribution >= 0.6 is 11.6 Å². The number of sulfonamides is 1. The molecule has 0 saturated carbocycles. The number of halogens is 1. The number of benzene rings is 1. The van der Waals surface area contributed by atoms with Gasteiger partial charge in [-0.15, -0.1) is 0 Å². The van der Waals surface area contributed by atoms with Crippen LogP contribution in [-0.4, -0.2) is 21.4 Å². The van der Waals surface area contributed by atoms with Crippen molar-refractivity contribution in [1.82, 2.24) is 4.72 Å². The summed E-state index contributed by atoms with van der Waals surface area (Å²) in [5.41, 5.74) is 0.654. The predicted octanol–water partition coefficient (Wildman–Crippen LogP) is 2.09. The van der Waals surface area contributed by atoms with Crippen molar-refractivity contribution in [2.75, 3.05) is 12.4 Å². The summed E-state index contributed by atoms with van der Waals surface area (Å²) in [7, 11) is -2.17. The van der Waals surface area contributed by atoms with E-state index in [9.17, 15) is 13.2 Å². The number of hydrogen-bond acceptors (Lipinski definition) is 4. The molecular formula is C12H11ClN2O4S. The van der Waals surface area contributed by atoms with Gasteiger partial charge in [-0.05, 0) is 49.0 Å². The third kappa shape index (κ3) is 3.01. The average molecular weight is 315 g/mol. The first-order chi connectivity index (χ1) is 9.44. The van der Waals surface area contributed by atoms with Gasteiger partial charge in [0.15, 0.2) is 0 Å². The summed E-state index contributed by atoms with van der Waals surface area (Å²) in [6, 6.07) is 7.18. The van der Waals surface area contributed by atoms with Gasteiger partial charge in [-0.3, -0.25) is 4.79 Å². The first-order valence-corrected chi connectivity index (χ1v) is 7.38. The van der Waals surface area contributed by atoms with Crippen LogP contribution in [0.1, 0.15) is 10.4 Å². The standard InChI is InChI=1S/C12H11ClN2O4S/c1-14-20(17,18)9-4-2-8(3-5-9)15-12(16)10-6-7-19-11(10)13/h2-7,14H,1H3,(H,15,16). The van der Waals surface area contributed by atoms with Crippen LogP contribution in [-0.2, 0) is 10.0 Å². The molecule has 0 atom stereocenters. The quantitative estimate of drug-likeness (QED) is 0.904. The van der Waals surface area contributed by atoms with Crippen molar-refractivity contribution in [1.29, 1.82) is 0 Å². The smallest absolute Gasteiger partial charge is 0.260 e. The molecule has 1 aromatic heterocycles. The lowest BCUT2D eigenvalue weighted by atomic mass is 10.3. The van der Waals surface area contributed by atoms with Crippen LogP contribution in [0.3, 0.4) is 0 Å². The van der Waals surface area contributed by atoms with E-state index < -0.39 is 15.9 Å². The van der Waals surface area contributed by atoms with Crippen molar-refractivity contribution < 1.29 is 17.6 Å². The minimum atomic E-state index is -3.49. The van der Waals surface area contributed by atoms with E-state index in [1.54, 1.807) is 0 Å². The number of nitrogens with one attached hydrogen (secondary N) is 2. The maximum Gasteiger partial charge on any atom is 0.260 e. The molecule has 0 unspecified atom stereocenters. The zero-order valence-corrected chi connectivity index (χ0v) is 12.0. The van der Waals surface area contributed by atoms with Crippen molar-refractivity contribution in [3.05, 3.63) is 47.4 Å². The summed E-state index contributed by atoms with van der Waals surface area (Å²) >= 11 is 5.69. The fourth-order valence-corrected chi connectivity index (χ4v) is 2.42. The average Bonchev–Trinajstić information content (AvgIpc) is 2.85. The van der Waals surface area contributed by atoms with Crippen LogP contribution in [0, 0.1) is 0 Å². The number of carbonyl (C=O) groups is 1. The van der Waals surface area contributed by atoms with Crippen LogP contribution in [0.25, 0.3) is 0 Å². The molecule has 0 saturated heterocycles. The molecule has 2 rings (SSSR count). The fraction of sp³-hybridized carbons (Fsp3) is 0.0833. The van der Waals surface area contributed by atoms with Gasteiger partial charge in [0.25, 0.3) is 5.91 Å². The maximum atomic E-state index is 11.8. The van der Waals surface area contributed by atoms with Gasteiger partial charge >= 0.3 is 0 Å². The molecule has 1 amide bonds. The Morgan fingerprint density at radius 2 is 1.85 bits per heavy atom. The van der Waals surface area contributed by atoms with E-state index in [1.165, 1.54) is 43.6 Å². The van der Waals surface area contributed by atoms with Gasteiger partial charge in [-0.2, -0.15) is 0 Å². The van der Waals surface area contributed by atoms with E-state index in [0.29, 0.717) is 5.69 Å². The van der Waals surface area contributed by atoms with Crippen molar-refractivity contribution in [3.63, 3.8) is 0 Å². The lowest BCUT2D eigenvalue weighted by Gasteiger charge is -2.06. The van der Waals surface area contributed by atoms with Crippen LogP contribution in [0.5, 0.6) is 0 Å². The second-order valence-electron chi connectivity index (χ2n) is 3.79. The maximum absolute atomic E-state index is 11.8. The molecule has 0 aliphatic heterocycles. The Hall–Kier alpha value is -1.83. The SMILES string of the molecule is CNS(=O)(=O)c1ccc(NC(=O)c2ccoc2Cl)cc1. The van der Waals surface area contributed by atoms with E-state index in [1.807, 2.05) is 0 Å². The minimum Gasteiger partial charge on any atom is -0.452 e. The summed E-state index contributed by atoms with van der Waals surface area (Å²) in [6.07, 6.45) is 1.31. The predicted molar refractivity (Wildman–Crippen MR) is 74.4 cm³/mol. The zero-order valence-electron chi connectivity index (χ0n) is 10.4. The van der Waals surface area contributed by atoms with E-state index >= 15 is 0 Å². The van der Waals surface area contributed by atoms with E-state index in [4.69, 9.17) is 16.0 Å². The Bertz CT molecular complexity index is 722. The second-order valence-corrected chi connectivity index (χ2v) is 6.02. The molecule has 106 valence electrons. The fourth-order valence-electron chi connectivity index (χ4n) is 1.49. The van der Waals surface area contributed by atoms with Crippen molar-refractivity contribution in [2.24, 2.45) is 0 Å². The minimum absolute atomic E-state index is 0.00289. The van der Waals surface area contributed by atoms with Gasteiger partial charge in [-0.1, -0.05) is 0 Å². The lowest BCUT2D eigenvalue weighted by Crippen LogP contribution is -2.18. The van der Waals surface area contributed by atoms with Crippen LogP contribution in [0.15, 0.2) is 45.9 Å². The Morgan fingerprint density at radius 3 is 2.35 bits per heavy atom. The molecule has 20 heavy (non-hydrogen) atoms. The summed E-state index contributed by atoms with van der Waals surface area (Å²) in [6.45, 7) is 0. The molecule has 8 heteroatoms. The summed E-state index contributed by atoms with van der Waals surface area (Å²) in [5, 5.41) is 2.58. The third-order valence-electron chi connectivity index (χ3n) is 2.55. The number of furan rings is 1. The monoisotopic (exact) mass is 314 g/mol. The largest absolute Gasteiger partial charge is 0.452 e. The van der Waals surface area contributed by atoms with Gasteiger partial charge < -0.3 is 9.73 Å². The Labute approximate surface area is 120 Å². The highest BCUT2D eigenvalue weighted by atomic mass is 35.5. The van der Waals surface area contributed by atoms with Gasteiger partial charge in [0.05, 0.1) is 16.7 Å². The lowest BCUT2D eigenvalue weighted by molar-refractivity contribution is 0.102. The molecule has 1 aromatic carbocycles. The normalized spacial score (nSPS) is 11.3. The number of rotatable bonds is 4. The van der Waals surface area contributed by atoms with Gasteiger partial charge in [0.2, 0.25) is 15.2 Å². The molecule has 0 bridgehead atoms. The number of amides is 1. The topological polar surface area (TPSA) is 88.4 Å².